The number of alkyl halides is 2. The Bertz CT molecular complexity index is 2610. The third kappa shape index (κ3) is 9.78. The van der Waals surface area contributed by atoms with E-state index in [1.807, 2.05) is 31.7 Å². The number of nitrogens with zero attached hydrogens (tertiary/aromatic N) is 9. The Kier molecular flexibility index (Phi) is 11.9. The molecule has 0 saturated heterocycles. The SMILES string of the molecule is Cc1cc2nc(N(c3cc(NC(C)C)c(C(=O)NC[C@@H](F)C(C)(C)O)cn3)C3CC3Nc3cc(Nc4ccn5ncc(F)c5n4)ncc3C(=O)NC[C@@H](F)C(C)(C)O)ccn2n1. The number of aryl methyl sites for hydroxylation is 1. The summed E-state index contributed by atoms with van der Waals surface area (Å²) in [7, 11) is 0. The van der Waals surface area contributed by atoms with Crippen molar-refractivity contribution in [3.63, 3.8) is 0 Å². The Morgan fingerprint density at radius 1 is 0.855 bits per heavy atom. The van der Waals surface area contributed by atoms with Gasteiger partial charge in [-0.05, 0) is 67.0 Å². The molecule has 0 bridgehead atoms. The van der Waals surface area contributed by atoms with Crippen molar-refractivity contribution in [3.8, 4) is 0 Å². The Labute approximate surface area is 354 Å². The van der Waals surface area contributed by atoms with Gasteiger partial charge in [0.2, 0.25) is 0 Å². The molecule has 62 heavy (non-hydrogen) atoms. The predicted octanol–water partition coefficient (Wildman–Crippen LogP) is 4.64. The van der Waals surface area contributed by atoms with E-state index in [0.29, 0.717) is 35.1 Å². The number of carbonyl (C=O) groups is 2. The second-order valence-electron chi connectivity index (χ2n) is 16.7. The molecular weight excluding hydrogens is 810 g/mol. The Morgan fingerprint density at radius 2 is 1.50 bits per heavy atom. The molecule has 6 aromatic heterocycles. The summed E-state index contributed by atoms with van der Waals surface area (Å²) in [5, 5.41) is 43.5. The lowest BCUT2D eigenvalue weighted by Gasteiger charge is -2.26. The first kappa shape index (κ1) is 43.5. The molecule has 1 saturated carbocycles. The molecule has 4 atom stereocenters. The van der Waals surface area contributed by atoms with Gasteiger partial charge in [0, 0.05) is 55.1 Å². The van der Waals surface area contributed by atoms with Crippen LogP contribution in [0, 0.1) is 12.7 Å². The van der Waals surface area contributed by atoms with E-state index in [0.717, 1.165) is 11.9 Å². The summed E-state index contributed by atoms with van der Waals surface area (Å²) in [5.41, 5.74) is -1.08. The lowest BCUT2D eigenvalue weighted by molar-refractivity contribution is -0.00209. The van der Waals surface area contributed by atoms with Gasteiger partial charge in [-0.25, -0.2) is 42.1 Å². The van der Waals surface area contributed by atoms with Crippen LogP contribution >= 0.6 is 0 Å². The van der Waals surface area contributed by atoms with Crippen LogP contribution in [0.25, 0.3) is 11.3 Å². The lowest BCUT2D eigenvalue weighted by Crippen LogP contribution is -2.42. The third-order valence-electron chi connectivity index (χ3n) is 10.1. The van der Waals surface area contributed by atoms with E-state index in [1.54, 1.807) is 35.0 Å². The summed E-state index contributed by atoms with van der Waals surface area (Å²) >= 11 is 0. The molecule has 2 amide bonds. The van der Waals surface area contributed by atoms with Gasteiger partial charge in [-0.1, -0.05) is 0 Å². The van der Waals surface area contributed by atoms with Crippen LogP contribution in [0.4, 0.5) is 47.8 Å². The molecule has 18 nitrogen and oxygen atoms in total. The van der Waals surface area contributed by atoms with Crippen molar-refractivity contribution in [2.45, 2.75) is 96.6 Å². The van der Waals surface area contributed by atoms with Crippen LogP contribution in [0.3, 0.4) is 0 Å². The highest BCUT2D eigenvalue weighted by Gasteiger charge is 2.45. The van der Waals surface area contributed by atoms with Crippen LogP contribution in [-0.2, 0) is 0 Å². The zero-order valence-electron chi connectivity index (χ0n) is 35.2. The first-order chi connectivity index (χ1) is 29.2. The number of aromatic nitrogens is 8. The molecular formula is C41H49F3N14O4. The second kappa shape index (κ2) is 17.0. The highest BCUT2D eigenvalue weighted by atomic mass is 19.1. The molecule has 7 N–H and O–H groups in total. The van der Waals surface area contributed by atoms with Crippen LogP contribution in [0.1, 0.15) is 74.4 Å². The molecule has 0 radical (unpaired) electrons. The number of hydrogen-bond donors (Lipinski definition) is 7. The van der Waals surface area contributed by atoms with Crippen LogP contribution in [0.2, 0.25) is 0 Å². The molecule has 6 aromatic rings. The second-order valence-corrected chi connectivity index (χ2v) is 16.7. The average molecular weight is 859 g/mol. The molecule has 328 valence electrons. The fraction of sp³-hybridized carbons (Fsp3) is 0.415. The summed E-state index contributed by atoms with van der Waals surface area (Å²) in [5.74, 6) is -0.451. The molecule has 0 spiro atoms. The van der Waals surface area contributed by atoms with Crippen molar-refractivity contribution < 1.29 is 33.0 Å². The summed E-state index contributed by atoms with van der Waals surface area (Å²) in [6.07, 6.45) is 4.06. The summed E-state index contributed by atoms with van der Waals surface area (Å²) in [6.45, 7) is 10.0. The van der Waals surface area contributed by atoms with Gasteiger partial charge in [0.1, 0.15) is 35.6 Å². The summed E-state index contributed by atoms with van der Waals surface area (Å²) < 4.78 is 46.6. The van der Waals surface area contributed by atoms with Crippen LogP contribution in [-0.4, -0.2) is 116 Å². The van der Waals surface area contributed by atoms with Crippen LogP contribution in [0.15, 0.2) is 61.3 Å². The van der Waals surface area contributed by atoms with Gasteiger partial charge in [-0.15, -0.1) is 0 Å². The minimum Gasteiger partial charge on any atom is -0.387 e. The average Bonchev–Trinajstić information content (AvgIpc) is 3.68. The number of rotatable bonds is 17. The molecule has 0 aromatic carbocycles. The fourth-order valence-corrected chi connectivity index (χ4v) is 6.51. The van der Waals surface area contributed by atoms with Crippen LogP contribution in [0.5, 0.6) is 0 Å². The number of hydrogen-bond acceptors (Lipinski definition) is 14. The van der Waals surface area contributed by atoms with Crippen molar-refractivity contribution in [1.82, 2.24) is 49.8 Å². The van der Waals surface area contributed by atoms with Crippen molar-refractivity contribution in [1.29, 1.82) is 0 Å². The van der Waals surface area contributed by atoms with Crippen molar-refractivity contribution >= 4 is 57.8 Å². The number of halogens is 3. The molecule has 1 fully saturated rings. The molecule has 1 aliphatic rings. The highest BCUT2D eigenvalue weighted by Crippen LogP contribution is 2.41. The third-order valence-corrected chi connectivity index (χ3v) is 10.1. The van der Waals surface area contributed by atoms with Gasteiger partial charge in [-0.2, -0.15) is 10.2 Å². The molecule has 1 aliphatic carbocycles. The van der Waals surface area contributed by atoms with E-state index in [9.17, 15) is 33.0 Å². The lowest BCUT2D eigenvalue weighted by atomic mass is 10.0. The van der Waals surface area contributed by atoms with E-state index in [4.69, 9.17) is 9.97 Å². The van der Waals surface area contributed by atoms with Gasteiger partial charge < -0.3 is 41.7 Å². The molecule has 2 unspecified atom stereocenters. The van der Waals surface area contributed by atoms with E-state index >= 15 is 0 Å². The zero-order valence-corrected chi connectivity index (χ0v) is 35.2. The van der Waals surface area contributed by atoms with Gasteiger partial charge in [0.25, 0.3) is 11.8 Å². The Hall–Kier alpha value is -6.61. The summed E-state index contributed by atoms with van der Waals surface area (Å²) in [4.78, 5) is 47.2. The van der Waals surface area contributed by atoms with Crippen molar-refractivity contribution in [2.24, 2.45) is 0 Å². The smallest absolute Gasteiger partial charge is 0.255 e. The molecule has 21 heteroatoms. The summed E-state index contributed by atoms with van der Waals surface area (Å²) in [6, 6.07) is 7.65. The molecule has 6 heterocycles. The van der Waals surface area contributed by atoms with Crippen molar-refractivity contribution in [2.75, 3.05) is 33.9 Å². The van der Waals surface area contributed by atoms with Gasteiger partial charge in [0.15, 0.2) is 17.1 Å². The Morgan fingerprint density at radius 3 is 2.16 bits per heavy atom. The predicted molar refractivity (Wildman–Crippen MR) is 226 cm³/mol. The van der Waals surface area contributed by atoms with Crippen LogP contribution < -0.4 is 31.5 Å². The number of aliphatic hydroxyl groups is 2. The standard InChI is InChI=1S/C41H49F3N14O4/c1-21(2)50-27-15-35(46-17-24(27)39(60)48-20-31(44)41(6,7)62)58(34-9-11-56-36(54-34)12-22(3)55-56)29-13-28(29)51-26-14-33(52-32-8-10-57-37(53-32)25(42)18-49-57)45-16-23(26)38(59)47-19-30(43)40(4,5)61/h8-12,14-18,21,28-31,61-62H,13,19-20H2,1-7H3,(H,46,50)(H,47,59)(H,48,60)(H2,45,51,52,53)/t28?,29?,30-,31-/m1/s1. The number of pyridine rings is 2. The number of anilines is 6. The molecule has 7 rings (SSSR count). The number of nitrogens with one attached hydrogen (secondary N) is 5. The van der Waals surface area contributed by atoms with Gasteiger partial charge in [0.05, 0.1) is 64.7 Å². The first-order valence-electron chi connectivity index (χ1n) is 20.0. The zero-order chi connectivity index (χ0) is 44.7. The minimum atomic E-state index is -1.76. The largest absolute Gasteiger partial charge is 0.387 e. The maximum atomic E-state index is 14.8. The molecule has 0 aliphatic heterocycles. The van der Waals surface area contributed by atoms with Gasteiger partial charge in [-0.3, -0.25) is 9.59 Å². The van der Waals surface area contributed by atoms with E-state index in [1.165, 1.54) is 50.8 Å². The topological polar surface area (TPSA) is 224 Å². The number of carbonyl (C=O) groups excluding carboxylic acids is 2. The first-order valence-corrected chi connectivity index (χ1v) is 20.0. The van der Waals surface area contributed by atoms with E-state index in [2.05, 4.69) is 46.7 Å². The highest BCUT2D eigenvalue weighted by molar-refractivity contribution is 6.01. The maximum absolute atomic E-state index is 14.8. The van der Waals surface area contributed by atoms with E-state index < -0.39 is 54.3 Å². The maximum Gasteiger partial charge on any atom is 0.255 e. The number of fused-ring (bicyclic) bond motifs is 2. The normalized spacial score (nSPS) is 16.3. The quantitative estimate of drug-likeness (QED) is 0.0664. The minimum absolute atomic E-state index is 0.0103. The fourth-order valence-electron chi connectivity index (χ4n) is 6.51. The van der Waals surface area contributed by atoms with Crippen molar-refractivity contribution in [3.05, 3.63) is 84.0 Å². The van der Waals surface area contributed by atoms with E-state index in [-0.39, 0.29) is 46.5 Å². The number of amides is 2. The van der Waals surface area contributed by atoms with Gasteiger partial charge >= 0.3 is 0 Å². The Balaban J connectivity index is 1.22. The monoisotopic (exact) mass is 858 g/mol.